The number of aromatic nitrogens is 2. The zero-order valence-corrected chi connectivity index (χ0v) is 17.7. The number of carboxylic acid groups (broad SMARTS) is 1. The minimum absolute atomic E-state index is 0.256. The van der Waals surface area contributed by atoms with Crippen molar-refractivity contribution in [3.05, 3.63) is 47.2 Å². The largest absolute Gasteiger partial charge is 0.493 e. The summed E-state index contributed by atoms with van der Waals surface area (Å²) >= 11 is 6.19. The van der Waals surface area contributed by atoms with Gasteiger partial charge in [-0.05, 0) is 36.6 Å². The number of aryl methyl sites for hydroxylation is 1. The number of nitrogens with one attached hydrogen (secondary N) is 2. The monoisotopic (exact) mass is 444 g/mol. The van der Waals surface area contributed by atoms with E-state index in [2.05, 4.69) is 20.6 Å². The summed E-state index contributed by atoms with van der Waals surface area (Å²) in [5.74, 6) is 0.650. The zero-order chi connectivity index (χ0) is 22.4. The van der Waals surface area contributed by atoms with Crippen LogP contribution in [-0.4, -0.2) is 40.8 Å². The standard InChI is InChI=1S/C21H21ClN4O5/c1-12(27)31-19-9-15-17(10-18(19)30-2)24-11-25-20(15)26-16-8-14(22)6-5-13(16)4-3-7-23-21(28)29/h5-6,8-11,23H,3-4,7H2,1-2H3,(H,28,29)(H,24,25,26). The van der Waals surface area contributed by atoms with Gasteiger partial charge in [0.25, 0.3) is 0 Å². The summed E-state index contributed by atoms with van der Waals surface area (Å²) in [6, 6.07) is 8.72. The number of hydrogen-bond donors (Lipinski definition) is 3. The third kappa shape index (κ3) is 5.73. The van der Waals surface area contributed by atoms with E-state index in [4.69, 9.17) is 26.2 Å². The number of benzene rings is 2. The first kappa shape index (κ1) is 22.1. The summed E-state index contributed by atoms with van der Waals surface area (Å²) in [5.41, 5.74) is 2.27. The Morgan fingerprint density at radius 3 is 2.68 bits per heavy atom. The van der Waals surface area contributed by atoms with Gasteiger partial charge in [0, 0.05) is 35.6 Å². The summed E-state index contributed by atoms with van der Waals surface area (Å²) < 4.78 is 10.5. The molecule has 0 radical (unpaired) electrons. The van der Waals surface area contributed by atoms with Crippen LogP contribution in [0.25, 0.3) is 10.9 Å². The number of anilines is 2. The molecule has 31 heavy (non-hydrogen) atoms. The van der Waals surface area contributed by atoms with Gasteiger partial charge >= 0.3 is 12.1 Å². The fourth-order valence-electron chi connectivity index (χ4n) is 3.04. The molecule has 2 aromatic carbocycles. The molecule has 0 aliphatic carbocycles. The van der Waals surface area contributed by atoms with Crippen molar-refractivity contribution in [2.75, 3.05) is 19.0 Å². The molecule has 0 saturated heterocycles. The van der Waals surface area contributed by atoms with Gasteiger partial charge in [-0.3, -0.25) is 4.79 Å². The van der Waals surface area contributed by atoms with Crippen molar-refractivity contribution in [1.82, 2.24) is 15.3 Å². The first-order chi connectivity index (χ1) is 14.9. The van der Waals surface area contributed by atoms with Gasteiger partial charge in [0.1, 0.15) is 12.1 Å². The smallest absolute Gasteiger partial charge is 0.404 e. The average Bonchev–Trinajstić information content (AvgIpc) is 2.72. The highest BCUT2D eigenvalue weighted by atomic mass is 35.5. The van der Waals surface area contributed by atoms with E-state index in [0.717, 1.165) is 11.3 Å². The molecule has 0 spiro atoms. The fourth-order valence-corrected chi connectivity index (χ4v) is 3.21. The van der Waals surface area contributed by atoms with Crippen molar-refractivity contribution in [3.8, 4) is 11.5 Å². The van der Waals surface area contributed by atoms with E-state index in [1.165, 1.54) is 20.4 Å². The van der Waals surface area contributed by atoms with E-state index in [0.29, 0.717) is 46.9 Å². The second-order valence-electron chi connectivity index (χ2n) is 6.60. The van der Waals surface area contributed by atoms with Crippen molar-refractivity contribution >= 4 is 46.1 Å². The highest BCUT2D eigenvalue weighted by molar-refractivity contribution is 6.30. The van der Waals surface area contributed by atoms with Crippen LogP contribution < -0.4 is 20.1 Å². The quantitative estimate of drug-likeness (QED) is 0.269. The predicted molar refractivity (Wildman–Crippen MR) is 116 cm³/mol. The molecule has 0 atom stereocenters. The minimum atomic E-state index is -1.05. The van der Waals surface area contributed by atoms with Crippen LogP contribution in [0, 0.1) is 0 Å². The van der Waals surface area contributed by atoms with Gasteiger partial charge < -0.3 is 25.2 Å². The van der Waals surface area contributed by atoms with Gasteiger partial charge in [-0.15, -0.1) is 0 Å². The van der Waals surface area contributed by atoms with Crippen LogP contribution >= 0.6 is 11.6 Å². The molecule has 1 aromatic heterocycles. The Morgan fingerprint density at radius 1 is 1.16 bits per heavy atom. The molecule has 3 N–H and O–H groups in total. The summed E-state index contributed by atoms with van der Waals surface area (Å²) in [6.45, 7) is 1.64. The molecular formula is C21H21ClN4O5. The second-order valence-corrected chi connectivity index (χ2v) is 7.03. The van der Waals surface area contributed by atoms with Crippen molar-refractivity contribution in [1.29, 1.82) is 0 Å². The number of carbonyl (C=O) groups is 2. The second kappa shape index (κ2) is 9.94. The summed E-state index contributed by atoms with van der Waals surface area (Å²) in [5, 5.41) is 15.5. The lowest BCUT2D eigenvalue weighted by Gasteiger charge is -2.15. The Hall–Kier alpha value is -3.59. The molecule has 3 rings (SSSR count). The van der Waals surface area contributed by atoms with Gasteiger partial charge in [-0.1, -0.05) is 17.7 Å². The number of fused-ring (bicyclic) bond motifs is 1. The Morgan fingerprint density at radius 2 is 1.97 bits per heavy atom. The zero-order valence-electron chi connectivity index (χ0n) is 16.9. The highest BCUT2D eigenvalue weighted by Crippen LogP contribution is 2.35. The van der Waals surface area contributed by atoms with Gasteiger partial charge in [-0.25, -0.2) is 14.8 Å². The number of hydrogen-bond acceptors (Lipinski definition) is 7. The number of carbonyl (C=O) groups excluding carboxylic acids is 1. The van der Waals surface area contributed by atoms with E-state index in [-0.39, 0.29) is 5.75 Å². The SMILES string of the molecule is COc1cc2ncnc(Nc3cc(Cl)ccc3CCCNC(=O)O)c2cc1OC(C)=O. The molecule has 3 aromatic rings. The topological polar surface area (TPSA) is 123 Å². The maximum absolute atomic E-state index is 11.5. The molecule has 0 aliphatic heterocycles. The Labute approximate surface area is 183 Å². The van der Waals surface area contributed by atoms with Crippen LogP contribution in [0.4, 0.5) is 16.3 Å². The lowest BCUT2D eigenvalue weighted by molar-refractivity contribution is -0.132. The molecule has 1 amide bonds. The minimum Gasteiger partial charge on any atom is -0.493 e. The van der Waals surface area contributed by atoms with Crippen LogP contribution in [0.2, 0.25) is 5.02 Å². The number of nitrogens with zero attached hydrogens (tertiary/aromatic N) is 2. The lowest BCUT2D eigenvalue weighted by atomic mass is 10.1. The Bertz CT molecular complexity index is 1120. The molecule has 0 saturated carbocycles. The Balaban J connectivity index is 1.94. The molecule has 0 aliphatic rings. The number of halogens is 1. The third-order valence-corrected chi connectivity index (χ3v) is 4.63. The summed E-state index contributed by atoms with van der Waals surface area (Å²) in [4.78, 5) is 30.7. The number of esters is 1. The van der Waals surface area contributed by atoms with E-state index >= 15 is 0 Å². The first-order valence-electron chi connectivity index (χ1n) is 9.40. The number of rotatable bonds is 8. The number of ether oxygens (including phenoxy) is 2. The van der Waals surface area contributed by atoms with Crippen molar-refractivity contribution in [2.45, 2.75) is 19.8 Å². The van der Waals surface area contributed by atoms with Crippen molar-refractivity contribution in [2.24, 2.45) is 0 Å². The van der Waals surface area contributed by atoms with Gasteiger partial charge in [0.2, 0.25) is 0 Å². The van der Waals surface area contributed by atoms with Crippen LogP contribution in [-0.2, 0) is 11.2 Å². The fraction of sp³-hybridized carbons (Fsp3) is 0.238. The van der Waals surface area contributed by atoms with Crippen LogP contribution in [0.3, 0.4) is 0 Å². The molecule has 0 unspecified atom stereocenters. The first-order valence-corrected chi connectivity index (χ1v) is 9.78. The van der Waals surface area contributed by atoms with E-state index in [1.807, 2.05) is 6.07 Å². The maximum atomic E-state index is 11.5. The average molecular weight is 445 g/mol. The van der Waals surface area contributed by atoms with E-state index in [9.17, 15) is 9.59 Å². The van der Waals surface area contributed by atoms with Crippen molar-refractivity contribution in [3.63, 3.8) is 0 Å². The molecule has 162 valence electrons. The molecule has 10 heteroatoms. The molecule has 9 nitrogen and oxygen atoms in total. The third-order valence-electron chi connectivity index (χ3n) is 4.40. The van der Waals surface area contributed by atoms with Crippen LogP contribution in [0.15, 0.2) is 36.7 Å². The number of methoxy groups -OCH3 is 1. The highest BCUT2D eigenvalue weighted by Gasteiger charge is 2.14. The van der Waals surface area contributed by atoms with Gasteiger partial charge in [0.05, 0.1) is 12.6 Å². The van der Waals surface area contributed by atoms with Gasteiger partial charge in [-0.2, -0.15) is 0 Å². The molecule has 0 bridgehead atoms. The summed E-state index contributed by atoms with van der Waals surface area (Å²) in [6.07, 6.45) is 1.59. The number of amides is 1. The predicted octanol–water partition coefficient (Wildman–Crippen LogP) is 4.16. The molecule has 1 heterocycles. The van der Waals surface area contributed by atoms with Gasteiger partial charge in [0.15, 0.2) is 11.5 Å². The lowest BCUT2D eigenvalue weighted by Crippen LogP contribution is -2.22. The molecule has 0 fully saturated rings. The molecular weight excluding hydrogens is 424 g/mol. The van der Waals surface area contributed by atoms with E-state index < -0.39 is 12.1 Å². The normalized spacial score (nSPS) is 10.5. The van der Waals surface area contributed by atoms with Crippen molar-refractivity contribution < 1.29 is 24.2 Å². The Kier molecular flexibility index (Phi) is 7.09. The van der Waals surface area contributed by atoms with Crippen LogP contribution in [0.5, 0.6) is 11.5 Å². The van der Waals surface area contributed by atoms with E-state index in [1.54, 1.807) is 24.3 Å². The van der Waals surface area contributed by atoms with Crippen LogP contribution in [0.1, 0.15) is 18.9 Å². The maximum Gasteiger partial charge on any atom is 0.404 e. The summed E-state index contributed by atoms with van der Waals surface area (Å²) in [7, 11) is 1.48.